The fourth-order valence-electron chi connectivity index (χ4n) is 3.35. The van der Waals surface area contributed by atoms with Crippen molar-refractivity contribution in [2.24, 2.45) is 0 Å². The minimum Gasteiger partial charge on any atom is -0.459 e. The van der Waals surface area contributed by atoms with Gasteiger partial charge in [-0.1, -0.05) is 43.2 Å². The first-order valence-electron chi connectivity index (χ1n) is 7.59. The Hall–Kier alpha value is -2.03. The average Bonchev–Trinajstić information content (AvgIpc) is 3.15. The van der Waals surface area contributed by atoms with Crippen LogP contribution in [0, 0.1) is 6.92 Å². The van der Waals surface area contributed by atoms with E-state index in [4.69, 9.17) is 4.42 Å². The largest absolute Gasteiger partial charge is 0.459 e. The molecule has 1 aliphatic carbocycles. The van der Waals surface area contributed by atoms with Gasteiger partial charge in [0.2, 0.25) is 0 Å². The molecule has 1 fully saturated rings. The Kier molecular flexibility index (Phi) is 3.82. The van der Waals surface area contributed by atoms with Gasteiger partial charge in [0, 0.05) is 17.5 Å². The van der Waals surface area contributed by atoms with E-state index in [1.807, 2.05) is 19.1 Å². The van der Waals surface area contributed by atoms with Gasteiger partial charge in [-0.25, -0.2) is 0 Å². The maximum Gasteiger partial charge on any atom is 0.287 e. The third-order valence-corrected chi connectivity index (χ3v) is 4.60. The number of benzene rings is 1. The van der Waals surface area contributed by atoms with E-state index in [1.54, 1.807) is 6.26 Å². The van der Waals surface area contributed by atoms with Crippen molar-refractivity contribution >= 4 is 5.91 Å². The molecular formula is C18H21NO2. The molecule has 0 spiro atoms. The minimum absolute atomic E-state index is 0.0808. The van der Waals surface area contributed by atoms with Gasteiger partial charge in [0.05, 0.1) is 6.26 Å². The highest BCUT2D eigenvalue weighted by Crippen LogP contribution is 2.40. The average molecular weight is 283 g/mol. The Labute approximate surface area is 125 Å². The van der Waals surface area contributed by atoms with Gasteiger partial charge in [-0.2, -0.15) is 0 Å². The monoisotopic (exact) mass is 283 g/mol. The number of carbonyl (C=O) groups excluding carboxylic acids is 1. The van der Waals surface area contributed by atoms with Crippen molar-refractivity contribution < 1.29 is 9.21 Å². The Bertz CT molecular complexity index is 609. The highest BCUT2D eigenvalue weighted by atomic mass is 16.3. The van der Waals surface area contributed by atoms with Gasteiger partial charge in [-0.05, 0) is 31.4 Å². The molecule has 110 valence electrons. The molecule has 3 rings (SSSR count). The van der Waals surface area contributed by atoms with Crippen molar-refractivity contribution in [2.45, 2.75) is 38.0 Å². The number of amides is 1. The maximum atomic E-state index is 12.3. The molecule has 0 saturated heterocycles. The Balaban J connectivity index is 1.75. The number of hydrogen-bond donors (Lipinski definition) is 1. The second kappa shape index (κ2) is 5.76. The van der Waals surface area contributed by atoms with E-state index in [9.17, 15) is 4.79 Å². The summed E-state index contributed by atoms with van der Waals surface area (Å²) in [6.07, 6.45) is 6.28. The van der Waals surface area contributed by atoms with Gasteiger partial charge in [0.25, 0.3) is 5.91 Å². The Morgan fingerprint density at radius 1 is 1.19 bits per heavy atom. The van der Waals surface area contributed by atoms with Crippen LogP contribution in [0.1, 0.15) is 47.4 Å². The fourth-order valence-corrected chi connectivity index (χ4v) is 3.35. The van der Waals surface area contributed by atoms with Crippen LogP contribution in [-0.2, 0) is 5.41 Å². The SMILES string of the molecule is Cc1ccoc1C(=O)NCC1(c2ccccc2)CCCC1. The molecule has 1 amide bonds. The molecular weight excluding hydrogens is 262 g/mol. The molecule has 3 heteroatoms. The minimum atomic E-state index is -0.111. The van der Waals surface area contributed by atoms with E-state index in [1.165, 1.54) is 18.4 Å². The smallest absolute Gasteiger partial charge is 0.287 e. The molecule has 1 aromatic carbocycles. The van der Waals surface area contributed by atoms with Crippen LogP contribution in [0.4, 0.5) is 0 Å². The number of hydrogen-bond acceptors (Lipinski definition) is 2. The zero-order valence-electron chi connectivity index (χ0n) is 12.4. The summed E-state index contributed by atoms with van der Waals surface area (Å²) in [5.41, 5.74) is 2.30. The first-order valence-corrected chi connectivity index (χ1v) is 7.59. The predicted octanol–water partition coefficient (Wildman–Crippen LogP) is 3.83. The molecule has 1 N–H and O–H groups in total. The van der Waals surface area contributed by atoms with E-state index in [0.717, 1.165) is 18.4 Å². The summed E-state index contributed by atoms with van der Waals surface area (Å²) in [6, 6.07) is 12.4. The van der Waals surface area contributed by atoms with E-state index < -0.39 is 0 Å². The van der Waals surface area contributed by atoms with Crippen LogP contribution in [0.3, 0.4) is 0 Å². The van der Waals surface area contributed by atoms with Gasteiger partial charge >= 0.3 is 0 Å². The van der Waals surface area contributed by atoms with Crippen LogP contribution in [0.5, 0.6) is 0 Å². The third-order valence-electron chi connectivity index (χ3n) is 4.60. The molecule has 1 aliphatic rings. The van der Waals surface area contributed by atoms with Crippen molar-refractivity contribution in [2.75, 3.05) is 6.54 Å². The lowest BCUT2D eigenvalue weighted by Gasteiger charge is -2.29. The zero-order valence-corrected chi connectivity index (χ0v) is 12.4. The Morgan fingerprint density at radius 2 is 1.90 bits per heavy atom. The van der Waals surface area contributed by atoms with E-state index in [2.05, 4.69) is 29.6 Å². The molecule has 0 bridgehead atoms. The number of rotatable bonds is 4. The quantitative estimate of drug-likeness (QED) is 0.926. The molecule has 0 aliphatic heterocycles. The van der Waals surface area contributed by atoms with Crippen LogP contribution in [0.2, 0.25) is 0 Å². The number of furan rings is 1. The van der Waals surface area contributed by atoms with E-state index in [0.29, 0.717) is 12.3 Å². The van der Waals surface area contributed by atoms with Crippen molar-refractivity contribution in [3.63, 3.8) is 0 Å². The molecule has 0 atom stereocenters. The number of carbonyl (C=O) groups is 1. The van der Waals surface area contributed by atoms with E-state index in [-0.39, 0.29) is 11.3 Å². The summed E-state index contributed by atoms with van der Waals surface area (Å²) in [5.74, 6) is 0.316. The molecule has 21 heavy (non-hydrogen) atoms. The van der Waals surface area contributed by atoms with Crippen molar-refractivity contribution in [1.82, 2.24) is 5.32 Å². The second-order valence-electron chi connectivity index (χ2n) is 5.97. The highest BCUT2D eigenvalue weighted by molar-refractivity contribution is 5.92. The van der Waals surface area contributed by atoms with Gasteiger partial charge in [0.15, 0.2) is 5.76 Å². The van der Waals surface area contributed by atoms with Gasteiger partial charge in [0.1, 0.15) is 0 Å². The molecule has 1 saturated carbocycles. The lowest BCUT2D eigenvalue weighted by Crippen LogP contribution is -2.39. The van der Waals surface area contributed by atoms with Crippen LogP contribution >= 0.6 is 0 Å². The normalized spacial score (nSPS) is 16.8. The van der Waals surface area contributed by atoms with Crippen molar-refractivity contribution in [3.8, 4) is 0 Å². The third kappa shape index (κ3) is 2.73. The summed E-state index contributed by atoms with van der Waals surface area (Å²) in [4.78, 5) is 12.3. The number of aryl methyl sites for hydroxylation is 1. The van der Waals surface area contributed by atoms with Crippen LogP contribution < -0.4 is 5.32 Å². The molecule has 3 nitrogen and oxygen atoms in total. The topological polar surface area (TPSA) is 42.2 Å². The summed E-state index contributed by atoms with van der Waals surface area (Å²) >= 11 is 0. The second-order valence-corrected chi connectivity index (χ2v) is 5.97. The van der Waals surface area contributed by atoms with Gasteiger partial charge in [-0.3, -0.25) is 4.79 Å². The molecule has 0 unspecified atom stereocenters. The highest BCUT2D eigenvalue weighted by Gasteiger charge is 2.36. The van der Waals surface area contributed by atoms with Crippen LogP contribution in [-0.4, -0.2) is 12.5 Å². The van der Waals surface area contributed by atoms with Gasteiger partial charge in [-0.15, -0.1) is 0 Å². The molecule has 2 aromatic rings. The first kappa shape index (κ1) is 13.9. The summed E-state index contributed by atoms with van der Waals surface area (Å²) in [5, 5.41) is 3.07. The lowest BCUT2D eigenvalue weighted by molar-refractivity contribution is 0.0914. The maximum absolute atomic E-state index is 12.3. The van der Waals surface area contributed by atoms with Crippen LogP contribution in [0.25, 0.3) is 0 Å². The standard InChI is InChI=1S/C18H21NO2/c1-14-9-12-21-16(14)17(20)19-13-18(10-5-6-11-18)15-7-3-2-4-8-15/h2-4,7-9,12H,5-6,10-11,13H2,1H3,(H,19,20). The van der Waals surface area contributed by atoms with Crippen LogP contribution in [0.15, 0.2) is 47.1 Å². The zero-order chi connectivity index (χ0) is 14.7. The van der Waals surface area contributed by atoms with Crippen molar-refractivity contribution in [1.29, 1.82) is 0 Å². The fraction of sp³-hybridized carbons (Fsp3) is 0.389. The molecule has 1 aromatic heterocycles. The summed E-state index contributed by atoms with van der Waals surface area (Å²) in [7, 11) is 0. The predicted molar refractivity (Wildman–Crippen MR) is 82.4 cm³/mol. The molecule has 0 radical (unpaired) electrons. The van der Waals surface area contributed by atoms with E-state index >= 15 is 0 Å². The Morgan fingerprint density at radius 3 is 2.52 bits per heavy atom. The number of nitrogens with one attached hydrogen (secondary N) is 1. The lowest BCUT2D eigenvalue weighted by atomic mass is 9.79. The summed E-state index contributed by atoms with van der Waals surface area (Å²) < 4.78 is 5.27. The summed E-state index contributed by atoms with van der Waals surface area (Å²) in [6.45, 7) is 2.57. The first-order chi connectivity index (χ1) is 10.2. The van der Waals surface area contributed by atoms with Crippen molar-refractivity contribution in [3.05, 3.63) is 59.5 Å². The van der Waals surface area contributed by atoms with Gasteiger partial charge < -0.3 is 9.73 Å². The molecule has 1 heterocycles.